The minimum absolute atomic E-state index is 0.150. The number of nitriles is 1. The summed E-state index contributed by atoms with van der Waals surface area (Å²) in [6, 6.07) is 7.24. The first-order chi connectivity index (χ1) is 7.63. The molecule has 1 amide bonds. The number of hydrogen-bond acceptors (Lipinski definition) is 2. The smallest absolute Gasteiger partial charge is 0.251 e. The van der Waals surface area contributed by atoms with Crippen molar-refractivity contribution in [2.75, 3.05) is 6.54 Å². The minimum Gasteiger partial charge on any atom is -0.352 e. The summed E-state index contributed by atoms with van der Waals surface area (Å²) < 4.78 is 0. The van der Waals surface area contributed by atoms with Gasteiger partial charge in [-0.15, -0.1) is 0 Å². The molecule has 84 valence electrons. The lowest BCUT2D eigenvalue weighted by atomic mass is 10.1. The molecular formula is C12H13ClN2O. The zero-order chi connectivity index (χ0) is 12.0. The molecule has 0 fully saturated rings. The number of nitrogens with one attached hydrogen (secondary N) is 1. The maximum atomic E-state index is 11.7. The van der Waals surface area contributed by atoms with E-state index in [-0.39, 0.29) is 5.91 Å². The summed E-state index contributed by atoms with van der Waals surface area (Å²) >= 11 is 5.85. The molecule has 0 saturated heterocycles. The maximum absolute atomic E-state index is 11.7. The molecule has 0 aliphatic rings. The standard InChI is InChI=1S/C12H13ClN2O/c1-9-6-10(8-11(13)7-9)12(16)15-5-3-2-4-14/h6-8H,2-3,5H2,1H3,(H,15,16). The first kappa shape index (κ1) is 12.5. The van der Waals surface area contributed by atoms with E-state index in [4.69, 9.17) is 16.9 Å². The van der Waals surface area contributed by atoms with Gasteiger partial charge in [-0.3, -0.25) is 4.79 Å². The number of carbonyl (C=O) groups excluding carboxylic acids is 1. The Labute approximate surface area is 100 Å². The Kier molecular flexibility index (Phi) is 4.81. The van der Waals surface area contributed by atoms with Crippen molar-refractivity contribution in [2.45, 2.75) is 19.8 Å². The van der Waals surface area contributed by atoms with Crippen LogP contribution < -0.4 is 5.32 Å². The molecule has 0 spiro atoms. The van der Waals surface area contributed by atoms with E-state index in [1.54, 1.807) is 18.2 Å². The van der Waals surface area contributed by atoms with Crippen LogP contribution in [0.5, 0.6) is 0 Å². The van der Waals surface area contributed by atoms with Gasteiger partial charge in [0.2, 0.25) is 0 Å². The molecule has 1 rings (SSSR count). The molecule has 0 atom stereocenters. The van der Waals surface area contributed by atoms with Crippen LogP contribution in [0.25, 0.3) is 0 Å². The van der Waals surface area contributed by atoms with Gasteiger partial charge in [0.25, 0.3) is 5.91 Å². The summed E-state index contributed by atoms with van der Waals surface area (Å²) in [6.07, 6.45) is 1.12. The highest BCUT2D eigenvalue weighted by molar-refractivity contribution is 6.31. The van der Waals surface area contributed by atoms with E-state index in [9.17, 15) is 4.79 Å². The molecule has 0 radical (unpaired) electrons. The van der Waals surface area contributed by atoms with Crippen LogP contribution in [-0.2, 0) is 0 Å². The molecule has 3 nitrogen and oxygen atoms in total. The van der Waals surface area contributed by atoms with Crippen molar-refractivity contribution in [3.05, 3.63) is 34.3 Å². The molecule has 1 aromatic rings. The van der Waals surface area contributed by atoms with Crippen molar-refractivity contribution in [2.24, 2.45) is 0 Å². The minimum atomic E-state index is -0.150. The quantitative estimate of drug-likeness (QED) is 0.818. The summed E-state index contributed by atoms with van der Waals surface area (Å²) in [6.45, 7) is 2.40. The average molecular weight is 237 g/mol. The van der Waals surface area contributed by atoms with E-state index < -0.39 is 0 Å². The topological polar surface area (TPSA) is 52.9 Å². The molecule has 0 unspecified atom stereocenters. The van der Waals surface area contributed by atoms with Crippen LogP contribution in [0.3, 0.4) is 0 Å². The first-order valence-corrected chi connectivity index (χ1v) is 5.43. The van der Waals surface area contributed by atoms with E-state index in [0.717, 1.165) is 5.56 Å². The zero-order valence-electron chi connectivity index (χ0n) is 9.09. The van der Waals surface area contributed by atoms with Crippen LogP contribution in [0.2, 0.25) is 5.02 Å². The maximum Gasteiger partial charge on any atom is 0.251 e. The number of nitrogens with zero attached hydrogens (tertiary/aromatic N) is 1. The Bertz CT molecular complexity index is 403. The second kappa shape index (κ2) is 6.14. The Morgan fingerprint density at radius 2 is 2.25 bits per heavy atom. The summed E-state index contributed by atoms with van der Waals surface area (Å²) in [5.41, 5.74) is 1.51. The lowest BCUT2D eigenvalue weighted by molar-refractivity contribution is 0.0953. The van der Waals surface area contributed by atoms with Crippen molar-refractivity contribution in [3.63, 3.8) is 0 Å². The highest BCUT2D eigenvalue weighted by Crippen LogP contribution is 2.14. The van der Waals surface area contributed by atoms with Crippen LogP contribution in [0.4, 0.5) is 0 Å². The third kappa shape index (κ3) is 3.92. The fraction of sp³-hybridized carbons (Fsp3) is 0.333. The SMILES string of the molecule is Cc1cc(Cl)cc(C(=O)NCCCC#N)c1. The van der Waals surface area contributed by atoms with Gasteiger partial charge in [-0.05, 0) is 37.1 Å². The Morgan fingerprint density at radius 1 is 1.50 bits per heavy atom. The Morgan fingerprint density at radius 3 is 2.88 bits per heavy atom. The van der Waals surface area contributed by atoms with Gasteiger partial charge in [-0.1, -0.05) is 11.6 Å². The molecule has 0 heterocycles. The predicted molar refractivity (Wildman–Crippen MR) is 63.4 cm³/mol. The fourth-order valence-corrected chi connectivity index (χ4v) is 1.63. The Balaban J connectivity index is 2.56. The molecule has 0 bridgehead atoms. The lowest BCUT2D eigenvalue weighted by Crippen LogP contribution is -2.24. The van der Waals surface area contributed by atoms with Crippen LogP contribution in [0, 0.1) is 18.3 Å². The van der Waals surface area contributed by atoms with E-state index >= 15 is 0 Å². The third-order valence-corrected chi connectivity index (χ3v) is 2.27. The van der Waals surface area contributed by atoms with Crippen molar-refractivity contribution in [1.29, 1.82) is 5.26 Å². The third-order valence-electron chi connectivity index (χ3n) is 2.06. The van der Waals surface area contributed by atoms with Crippen molar-refractivity contribution in [3.8, 4) is 6.07 Å². The van der Waals surface area contributed by atoms with E-state index in [1.807, 2.05) is 13.0 Å². The number of hydrogen-bond donors (Lipinski definition) is 1. The summed E-state index contributed by atoms with van der Waals surface area (Å²) in [4.78, 5) is 11.7. The molecule has 16 heavy (non-hydrogen) atoms. The summed E-state index contributed by atoms with van der Waals surface area (Å²) in [5, 5.41) is 11.6. The highest BCUT2D eigenvalue weighted by atomic mass is 35.5. The molecule has 1 aromatic carbocycles. The molecule has 1 N–H and O–H groups in total. The number of unbranched alkanes of at least 4 members (excludes halogenated alkanes) is 1. The van der Waals surface area contributed by atoms with Gasteiger partial charge in [-0.2, -0.15) is 5.26 Å². The van der Waals surface area contributed by atoms with E-state index in [1.165, 1.54) is 0 Å². The van der Waals surface area contributed by atoms with Gasteiger partial charge in [-0.25, -0.2) is 0 Å². The lowest BCUT2D eigenvalue weighted by Gasteiger charge is -2.05. The van der Waals surface area contributed by atoms with Gasteiger partial charge < -0.3 is 5.32 Å². The van der Waals surface area contributed by atoms with Crippen molar-refractivity contribution < 1.29 is 4.79 Å². The number of benzene rings is 1. The monoisotopic (exact) mass is 236 g/mol. The average Bonchev–Trinajstić information content (AvgIpc) is 2.22. The van der Waals surface area contributed by atoms with Crippen molar-refractivity contribution in [1.82, 2.24) is 5.32 Å². The normalized spacial score (nSPS) is 9.56. The highest BCUT2D eigenvalue weighted by Gasteiger charge is 2.06. The van der Waals surface area contributed by atoms with Gasteiger partial charge in [0.15, 0.2) is 0 Å². The van der Waals surface area contributed by atoms with Crippen molar-refractivity contribution >= 4 is 17.5 Å². The van der Waals surface area contributed by atoms with E-state index in [0.29, 0.717) is 30.0 Å². The molecule has 4 heteroatoms. The number of amides is 1. The zero-order valence-corrected chi connectivity index (χ0v) is 9.84. The number of rotatable bonds is 4. The summed E-state index contributed by atoms with van der Waals surface area (Å²) in [7, 11) is 0. The number of aryl methyl sites for hydroxylation is 1. The molecular weight excluding hydrogens is 224 g/mol. The fourth-order valence-electron chi connectivity index (χ4n) is 1.34. The van der Waals surface area contributed by atoms with Gasteiger partial charge in [0.1, 0.15) is 0 Å². The summed E-state index contributed by atoms with van der Waals surface area (Å²) in [5.74, 6) is -0.150. The molecule has 0 aromatic heterocycles. The van der Waals surface area contributed by atoms with E-state index in [2.05, 4.69) is 5.32 Å². The Hall–Kier alpha value is -1.53. The van der Waals surface area contributed by atoms with Gasteiger partial charge in [0, 0.05) is 23.6 Å². The van der Waals surface area contributed by atoms with Crippen LogP contribution in [0.1, 0.15) is 28.8 Å². The van der Waals surface area contributed by atoms with Gasteiger partial charge in [0.05, 0.1) is 6.07 Å². The molecule has 0 aliphatic carbocycles. The first-order valence-electron chi connectivity index (χ1n) is 5.06. The van der Waals surface area contributed by atoms with Crippen LogP contribution in [0.15, 0.2) is 18.2 Å². The number of carbonyl (C=O) groups is 1. The predicted octanol–water partition coefficient (Wildman–Crippen LogP) is 2.68. The van der Waals surface area contributed by atoms with Crippen LogP contribution >= 0.6 is 11.6 Å². The second-order valence-corrected chi connectivity index (χ2v) is 3.97. The molecule has 0 saturated carbocycles. The second-order valence-electron chi connectivity index (χ2n) is 3.53. The van der Waals surface area contributed by atoms with Gasteiger partial charge >= 0.3 is 0 Å². The molecule has 0 aliphatic heterocycles. The largest absolute Gasteiger partial charge is 0.352 e. The number of halogens is 1. The van der Waals surface area contributed by atoms with Crippen LogP contribution in [-0.4, -0.2) is 12.5 Å².